The first-order chi connectivity index (χ1) is 16.9. The van der Waals surface area contributed by atoms with Gasteiger partial charge in [0.25, 0.3) is 0 Å². The van der Waals surface area contributed by atoms with E-state index in [9.17, 15) is 14.0 Å². The summed E-state index contributed by atoms with van der Waals surface area (Å²) in [6, 6.07) is 13.0. The molecule has 3 aromatic rings. The summed E-state index contributed by atoms with van der Waals surface area (Å²) in [6.45, 7) is 2.77. The molecule has 9 heteroatoms. The fourth-order valence-corrected chi connectivity index (χ4v) is 5.28. The van der Waals surface area contributed by atoms with Crippen molar-refractivity contribution in [1.29, 1.82) is 0 Å². The lowest BCUT2D eigenvalue weighted by Gasteiger charge is -2.58. The maximum atomic E-state index is 13.6. The number of carbonyl (C=O) groups excluding carboxylic acids is 2. The van der Waals surface area contributed by atoms with Gasteiger partial charge in [-0.1, -0.05) is 35.9 Å². The third-order valence-corrected chi connectivity index (χ3v) is 7.34. The van der Waals surface area contributed by atoms with Gasteiger partial charge in [-0.3, -0.25) is 4.79 Å². The van der Waals surface area contributed by atoms with Gasteiger partial charge in [-0.05, 0) is 55.2 Å². The highest BCUT2D eigenvalue weighted by Crippen LogP contribution is 2.57. The van der Waals surface area contributed by atoms with Crippen LogP contribution in [-0.2, 0) is 4.79 Å². The minimum Gasteiger partial charge on any atom is -0.331 e. The molecule has 0 bridgehead atoms. The van der Waals surface area contributed by atoms with Crippen LogP contribution in [-0.4, -0.2) is 39.9 Å². The van der Waals surface area contributed by atoms with Crippen LogP contribution in [0.3, 0.4) is 0 Å². The number of hydrogen-bond donors (Lipinski definition) is 1. The topological polar surface area (TPSA) is 78.4 Å². The third kappa shape index (κ3) is 4.23. The van der Waals surface area contributed by atoms with Gasteiger partial charge < -0.3 is 15.1 Å². The zero-order valence-electron chi connectivity index (χ0n) is 19.2. The number of nitrogens with zero attached hydrogens (tertiary/aromatic N) is 4. The highest BCUT2D eigenvalue weighted by Gasteiger charge is 2.62. The average molecular weight is 494 g/mol. The van der Waals surface area contributed by atoms with Gasteiger partial charge >= 0.3 is 6.03 Å². The van der Waals surface area contributed by atoms with Crippen LogP contribution < -0.4 is 10.2 Å². The fraction of sp³-hybridized carbons (Fsp3) is 0.308. The lowest BCUT2D eigenvalue weighted by molar-refractivity contribution is -0.144. The molecule has 2 aliphatic rings. The van der Waals surface area contributed by atoms with E-state index < -0.39 is 5.41 Å². The molecule has 1 spiro atoms. The molecule has 2 saturated heterocycles. The van der Waals surface area contributed by atoms with E-state index in [2.05, 4.69) is 15.3 Å². The molecule has 35 heavy (non-hydrogen) atoms. The zero-order chi connectivity index (χ0) is 24.6. The molecule has 3 amide bonds. The third-order valence-electron chi connectivity index (χ3n) is 7.09. The molecule has 2 aliphatic heterocycles. The minimum absolute atomic E-state index is 0.0204. The van der Waals surface area contributed by atoms with Crippen molar-refractivity contribution in [3.05, 3.63) is 89.2 Å². The van der Waals surface area contributed by atoms with Crippen molar-refractivity contribution in [1.82, 2.24) is 20.2 Å². The number of anilines is 1. The summed E-state index contributed by atoms with van der Waals surface area (Å²) >= 11 is 6.11. The van der Waals surface area contributed by atoms with Crippen molar-refractivity contribution in [2.75, 3.05) is 18.0 Å². The summed E-state index contributed by atoms with van der Waals surface area (Å²) in [6.07, 6.45) is 5.80. The Hall–Kier alpha value is -3.52. The van der Waals surface area contributed by atoms with Crippen molar-refractivity contribution < 1.29 is 14.0 Å². The van der Waals surface area contributed by atoms with Gasteiger partial charge in [0.05, 0.1) is 35.6 Å². The van der Waals surface area contributed by atoms with Gasteiger partial charge in [-0.15, -0.1) is 0 Å². The highest BCUT2D eigenvalue weighted by molar-refractivity contribution is 6.30. The largest absolute Gasteiger partial charge is 0.331 e. The van der Waals surface area contributed by atoms with Gasteiger partial charge in [0.1, 0.15) is 12.1 Å². The number of hydrogen-bond acceptors (Lipinski definition) is 4. The number of halogens is 2. The number of carbonyl (C=O) groups is 2. The molecular weight excluding hydrogens is 469 g/mol. The van der Waals surface area contributed by atoms with E-state index in [-0.39, 0.29) is 29.8 Å². The lowest BCUT2D eigenvalue weighted by Crippen LogP contribution is -2.67. The first-order valence-corrected chi connectivity index (χ1v) is 11.9. The standard InChI is InChI=1S/C26H25ClFN5O2/c1-17(18-4-8-21(28)9-5-18)31-25(35)32-12-10-26(11-13-32)23(19-2-6-20(27)7-3-19)33(24(26)34)22-14-29-16-30-15-22/h2-9,14-17,23H,10-13H2,1H3,(H,31,35)/t17-,23?/m0/s1. The summed E-state index contributed by atoms with van der Waals surface area (Å²) in [5.41, 5.74) is 1.85. The van der Waals surface area contributed by atoms with E-state index in [1.54, 1.807) is 34.3 Å². The predicted molar refractivity (Wildman–Crippen MR) is 130 cm³/mol. The number of nitrogens with one attached hydrogen (secondary N) is 1. The molecular formula is C26H25ClFN5O2. The molecule has 0 radical (unpaired) electrons. The Bertz CT molecular complexity index is 1210. The van der Waals surface area contributed by atoms with Crippen molar-refractivity contribution in [2.24, 2.45) is 5.41 Å². The Morgan fingerprint density at radius 3 is 2.34 bits per heavy atom. The van der Waals surface area contributed by atoms with Crippen molar-refractivity contribution >= 4 is 29.2 Å². The van der Waals surface area contributed by atoms with Crippen LogP contribution in [0, 0.1) is 11.2 Å². The van der Waals surface area contributed by atoms with Gasteiger partial charge in [0.2, 0.25) is 5.91 Å². The molecule has 1 unspecified atom stereocenters. The lowest BCUT2D eigenvalue weighted by atomic mass is 9.62. The van der Waals surface area contributed by atoms with Crippen molar-refractivity contribution in [3.63, 3.8) is 0 Å². The van der Waals surface area contributed by atoms with E-state index in [0.29, 0.717) is 36.6 Å². The second kappa shape index (κ2) is 9.26. The number of likely N-dealkylation sites (tertiary alicyclic amines) is 1. The Labute approximate surface area is 207 Å². The van der Waals surface area contributed by atoms with E-state index in [4.69, 9.17) is 11.6 Å². The molecule has 3 heterocycles. The van der Waals surface area contributed by atoms with Crippen LogP contribution in [0.5, 0.6) is 0 Å². The fourth-order valence-electron chi connectivity index (χ4n) is 5.16. The number of piperidine rings is 1. The van der Waals surface area contributed by atoms with Gasteiger partial charge in [-0.25, -0.2) is 19.2 Å². The summed E-state index contributed by atoms with van der Waals surface area (Å²) < 4.78 is 13.2. The smallest absolute Gasteiger partial charge is 0.317 e. The normalized spacial score (nSPS) is 19.9. The molecule has 7 nitrogen and oxygen atoms in total. The summed E-state index contributed by atoms with van der Waals surface area (Å²) in [5.74, 6) is -0.294. The molecule has 0 aliphatic carbocycles. The predicted octanol–water partition coefficient (Wildman–Crippen LogP) is 4.91. The van der Waals surface area contributed by atoms with Crippen molar-refractivity contribution in [2.45, 2.75) is 31.8 Å². The minimum atomic E-state index is -0.608. The highest BCUT2D eigenvalue weighted by atomic mass is 35.5. The second-order valence-corrected chi connectivity index (χ2v) is 9.53. The van der Waals surface area contributed by atoms with Gasteiger partial charge in [0.15, 0.2) is 0 Å². The van der Waals surface area contributed by atoms with E-state index >= 15 is 0 Å². The van der Waals surface area contributed by atoms with Crippen molar-refractivity contribution in [3.8, 4) is 0 Å². The van der Waals surface area contributed by atoms with Crippen LogP contribution in [0.2, 0.25) is 5.02 Å². The van der Waals surface area contributed by atoms with Gasteiger partial charge in [-0.2, -0.15) is 0 Å². The molecule has 180 valence electrons. The Kier molecular flexibility index (Phi) is 6.15. The van der Waals surface area contributed by atoms with Crippen LogP contribution in [0.4, 0.5) is 14.9 Å². The Morgan fingerprint density at radius 1 is 1.09 bits per heavy atom. The SMILES string of the molecule is C[C@H](NC(=O)N1CCC2(CC1)C(=O)N(c1cncnc1)C2c1ccc(Cl)cc1)c1ccc(F)cc1. The number of urea groups is 1. The first kappa shape index (κ1) is 23.2. The average Bonchev–Trinajstić information content (AvgIpc) is 2.88. The van der Waals surface area contributed by atoms with E-state index in [0.717, 1.165) is 11.1 Å². The van der Waals surface area contributed by atoms with E-state index in [1.165, 1.54) is 18.5 Å². The van der Waals surface area contributed by atoms with Crippen LogP contribution in [0.15, 0.2) is 67.3 Å². The molecule has 1 aromatic heterocycles. The molecule has 2 atom stereocenters. The number of rotatable bonds is 4. The van der Waals surface area contributed by atoms with Crippen LogP contribution in [0.25, 0.3) is 0 Å². The molecule has 1 N–H and O–H groups in total. The monoisotopic (exact) mass is 493 g/mol. The summed E-state index contributed by atoms with van der Waals surface area (Å²) in [4.78, 5) is 38.1. The molecule has 0 saturated carbocycles. The summed E-state index contributed by atoms with van der Waals surface area (Å²) in [5, 5.41) is 3.61. The molecule has 2 fully saturated rings. The quantitative estimate of drug-likeness (QED) is 0.524. The Morgan fingerprint density at radius 2 is 1.71 bits per heavy atom. The van der Waals surface area contributed by atoms with Crippen LogP contribution >= 0.6 is 11.6 Å². The van der Waals surface area contributed by atoms with Gasteiger partial charge in [0, 0.05) is 18.1 Å². The second-order valence-electron chi connectivity index (χ2n) is 9.09. The maximum absolute atomic E-state index is 13.6. The number of β-lactam (4-membered cyclic amide) rings is 1. The zero-order valence-corrected chi connectivity index (χ0v) is 20.0. The van der Waals surface area contributed by atoms with Crippen LogP contribution in [0.1, 0.15) is 43.0 Å². The molecule has 5 rings (SSSR count). The first-order valence-electron chi connectivity index (χ1n) is 11.5. The number of amides is 3. The Balaban J connectivity index is 1.32. The summed E-state index contributed by atoms with van der Waals surface area (Å²) in [7, 11) is 0. The number of benzene rings is 2. The maximum Gasteiger partial charge on any atom is 0.317 e. The number of aromatic nitrogens is 2. The van der Waals surface area contributed by atoms with E-state index in [1.807, 2.05) is 31.2 Å². The molecule has 2 aromatic carbocycles.